The van der Waals surface area contributed by atoms with Gasteiger partial charge in [-0.2, -0.15) is 0 Å². The van der Waals surface area contributed by atoms with Crippen LogP contribution in [-0.4, -0.2) is 151 Å². The Morgan fingerprint density at radius 1 is 0.763 bits per heavy atom. The van der Waals surface area contributed by atoms with Gasteiger partial charge >= 0.3 is 11.9 Å². The van der Waals surface area contributed by atoms with Crippen LogP contribution in [0.2, 0.25) is 0 Å². The van der Waals surface area contributed by atoms with Crippen molar-refractivity contribution < 1.29 is 58.5 Å². The van der Waals surface area contributed by atoms with Crippen LogP contribution in [0, 0.1) is 11.8 Å². The number of carboxylic acid groups (broad SMARTS) is 2. The Morgan fingerprint density at radius 3 is 2.01 bits per heavy atom. The number of amides is 7. The average Bonchev–Trinajstić information content (AvgIpc) is 4.09. The average molecular weight is 1060 g/mol. The quantitative estimate of drug-likeness (QED) is 0.0218. The van der Waals surface area contributed by atoms with Crippen LogP contribution in [0.25, 0.3) is 0 Å². The number of carbonyl (C=O) groups is 9. The second kappa shape index (κ2) is 29.7. The van der Waals surface area contributed by atoms with Gasteiger partial charge in [-0.1, -0.05) is 76.6 Å². The van der Waals surface area contributed by atoms with E-state index in [0.717, 1.165) is 0 Å². The first-order valence-electron chi connectivity index (χ1n) is 25.2. The van der Waals surface area contributed by atoms with E-state index in [1.165, 1.54) is 29.6 Å². The summed E-state index contributed by atoms with van der Waals surface area (Å²) in [6, 6.07) is 4.81. The Balaban J connectivity index is 1.55. The number of carbonyl (C=O) groups excluding carboxylic acids is 7. The van der Waals surface area contributed by atoms with E-state index >= 15 is 0 Å². The number of hydrogen-bond acceptors (Lipinski definition) is 13. The number of H-pyrrole nitrogens is 1. The number of nitrogens with one attached hydrogen (secondary N) is 7. The second-order valence-corrected chi connectivity index (χ2v) is 19.3. The Hall–Kier alpha value is -8.09. The summed E-state index contributed by atoms with van der Waals surface area (Å²) < 4.78 is 0. The molecule has 0 bridgehead atoms. The highest BCUT2D eigenvalue weighted by atomic mass is 16.4. The number of phenolic OH excluding ortho intramolecular Hbond substituents is 1. The molecule has 4 rings (SSSR count). The molecule has 2 aromatic carbocycles. The number of benzene rings is 2. The maximum absolute atomic E-state index is 14.5. The van der Waals surface area contributed by atoms with E-state index in [2.05, 4.69) is 46.9 Å². The molecule has 0 unspecified atom stereocenters. The monoisotopic (exact) mass is 1060 g/mol. The van der Waals surface area contributed by atoms with Gasteiger partial charge in [0, 0.05) is 56.7 Å². The minimum atomic E-state index is -1.50. The van der Waals surface area contributed by atoms with E-state index in [1.807, 2.05) is 6.92 Å². The van der Waals surface area contributed by atoms with E-state index < -0.39 is 114 Å². The minimum Gasteiger partial charge on any atom is -0.508 e. The number of phenols is 1. The van der Waals surface area contributed by atoms with Gasteiger partial charge in [-0.15, -0.1) is 0 Å². The second-order valence-electron chi connectivity index (χ2n) is 19.3. The summed E-state index contributed by atoms with van der Waals surface area (Å²) in [5.41, 5.74) is 18.3. The molecule has 0 radical (unpaired) electrons. The lowest BCUT2D eigenvalue weighted by Gasteiger charge is -2.31. The molecule has 7 amide bonds. The highest BCUT2D eigenvalue weighted by molar-refractivity contribution is 5.96. The third-order valence-corrected chi connectivity index (χ3v) is 13.0. The fourth-order valence-corrected chi connectivity index (χ4v) is 8.51. The number of hydrogen-bond donors (Lipinski definition) is 13. The van der Waals surface area contributed by atoms with Crippen LogP contribution in [0.3, 0.4) is 0 Å². The normalized spacial score (nSPS) is 16.3. The molecule has 2 heterocycles. The van der Waals surface area contributed by atoms with Crippen molar-refractivity contribution in [3.8, 4) is 5.75 Å². The van der Waals surface area contributed by atoms with E-state index in [-0.39, 0.29) is 75.7 Å². The van der Waals surface area contributed by atoms with Crippen molar-refractivity contribution in [2.24, 2.45) is 34.0 Å². The van der Waals surface area contributed by atoms with Crippen molar-refractivity contribution in [2.75, 3.05) is 13.1 Å². The van der Waals surface area contributed by atoms with Crippen molar-refractivity contribution >= 4 is 59.2 Å². The van der Waals surface area contributed by atoms with Crippen molar-refractivity contribution in [1.29, 1.82) is 0 Å². The molecule has 16 N–H and O–H groups in total. The first kappa shape index (κ1) is 60.5. The van der Waals surface area contributed by atoms with Crippen LogP contribution in [0.4, 0.5) is 0 Å². The molecule has 0 aliphatic carbocycles. The van der Waals surface area contributed by atoms with Gasteiger partial charge in [0.1, 0.15) is 42.0 Å². The molecule has 1 aromatic heterocycles. The third kappa shape index (κ3) is 19.3. The first-order chi connectivity index (χ1) is 36.1. The number of rotatable bonds is 30. The fraction of sp³-hybridized carbons (Fsp3) is 0.510. The molecule has 414 valence electrons. The van der Waals surface area contributed by atoms with Crippen LogP contribution in [-0.2, 0) is 62.4 Å². The summed E-state index contributed by atoms with van der Waals surface area (Å²) in [4.78, 5) is 134. The largest absolute Gasteiger partial charge is 0.508 e. The number of imidazole rings is 1. The van der Waals surface area contributed by atoms with Crippen LogP contribution in [0.1, 0.15) is 89.5 Å². The SMILES string of the molecule is CC[C@H](C)[C@@H](CC(=O)N[C@@H](Cc1cnc[nH]1)C(=O)N1CCC[C@H]1C(=O)N[C@@H](Cc1ccccc1)C(=O)O)NC(=O)[C@H](Cc1ccc(O)cc1)NC(=O)[C@@H](NC(=O)[C@H](CCCN=C(N)N)NC(=O)[C@@H](N)CC(=O)O)C(C)C. The molecule has 1 saturated heterocycles. The number of nitrogens with zero attached hydrogens (tertiary/aromatic N) is 3. The van der Waals surface area contributed by atoms with Gasteiger partial charge in [0.2, 0.25) is 41.4 Å². The summed E-state index contributed by atoms with van der Waals surface area (Å²) in [7, 11) is 0. The number of aromatic nitrogens is 2. The number of aliphatic carboxylic acids is 2. The molecular weight excluding hydrogens is 987 g/mol. The standard InChI is InChI=1S/C51H73N13O12/c1-5-29(4)36(25-41(66)58-38(23-32-26-55-27-57-32)49(74)64-20-10-14-40(64)47(72)62-39(50(75)76)22-30-11-7-6-8-12-30)60-46(71)37(21-31-15-17-33(65)18-16-31)61-48(73)43(28(2)3)63-45(70)35(13-9-19-56-51(53)54)59-44(69)34(52)24-42(67)68/h6-8,11-12,15-18,26-29,34-40,43,65H,5,9-10,13-14,19-25,52H2,1-4H3,(H,55,57)(H,58,66)(H,59,69)(H,60,71)(H,61,73)(H,62,72)(H,63,70)(H,67,68)(H,75,76)(H4,53,54,56)/t29-,34-,35-,36+,37-,38-,39-,40-,43-/m0/s1. The van der Waals surface area contributed by atoms with Gasteiger partial charge in [-0.3, -0.25) is 43.3 Å². The van der Waals surface area contributed by atoms with Gasteiger partial charge in [0.15, 0.2) is 5.96 Å². The maximum Gasteiger partial charge on any atom is 0.326 e. The molecule has 3 aromatic rings. The van der Waals surface area contributed by atoms with E-state index in [4.69, 9.17) is 17.2 Å². The summed E-state index contributed by atoms with van der Waals surface area (Å²) in [6.07, 6.45) is 2.96. The van der Waals surface area contributed by atoms with Crippen LogP contribution < -0.4 is 49.1 Å². The van der Waals surface area contributed by atoms with Crippen molar-refractivity contribution in [1.82, 2.24) is 46.8 Å². The van der Waals surface area contributed by atoms with Gasteiger partial charge in [-0.05, 0) is 60.8 Å². The molecule has 1 aliphatic heterocycles. The van der Waals surface area contributed by atoms with Gasteiger partial charge in [0.25, 0.3) is 0 Å². The van der Waals surface area contributed by atoms with Gasteiger partial charge in [-0.25, -0.2) is 9.78 Å². The minimum absolute atomic E-state index is 0.0124. The molecule has 1 aliphatic rings. The molecule has 1 fully saturated rings. The van der Waals surface area contributed by atoms with Crippen LogP contribution in [0.15, 0.2) is 72.1 Å². The Kier molecular flexibility index (Phi) is 23.6. The molecule has 25 nitrogen and oxygen atoms in total. The zero-order valence-corrected chi connectivity index (χ0v) is 43.2. The van der Waals surface area contributed by atoms with Crippen LogP contribution >= 0.6 is 0 Å². The molecule has 0 saturated carbocycles. The molecule has 0 spiro atoms. The van der Waals surface area contributed by atoms with E-state index in [9.17, 15) is 58.5 Å². The molecule has 9 atom stereocenters. The summed E-state index contributed by atoms with van der Waals surface area (Å²) in [5.74, 6) is -8.95. The number of aromatic amines is 1. The third-order valence-electron chi connectivity index (χ3n) is 13.0. The van der Waals surface area contributed by atoms with Gasteiger partial charge in [0.05, 0.1) is 18.8 Å². The first-order valence-corrected chi connectivity index (χ1v) is 25.2. The Bertz CT molecular complexity index is 2470. The van der Waals surface area contributed by atoms with Crippen molar-refractivity contribution in [3.05, 3.63) is 83.9 Å². The summed E-state index contributed by atoms with van der Waals surface area (Å²) >= 11 is 0. The Morgan fingerprint density at radius 2 is 1.41 bits per heavy atom. The topological polar surface area (TPSA) is 409 Å². The predicted molar refractivity (Wildman–Crippen MR) is 277 cm³/mol. The number of aliphatic imine (C=N–C) groups is 1. The lowest BCUT2D eigenvalue weighted by atomic mass is 9.94. The number of nitrogens with two attached hydrogens (primary N) is 3. The Labute approximate surface area is 440 Å². The fourth-order valence-electron chi connectivity index (χ4n) is 8.51. The number of guanidine groups is 1. The number of carboxylic acids is 2. The molecule has 76 heavy (non-hydrogen) atoms. The highest BCUT2D eigenvalue weighted by Gasteiger charge is 2.40. The summed E-state index contributed by atoms with van der Waals surface area (Å²) in [5, 5.41) is 45.3. The zero-order chi connectivity index (χ0) is 56.1. The lowest BCUT2D eigenvalue weighted by Crippen LogP contribution is -2.60. The summed E-state index contributed by atoms with van der Waals surface area (Å²) in [6.45, 7) is 7.16. The predicted octanol–water partition coefficient (Wildman–Crippen LogP) is -0.925. The zero-order valence-electron chi connectivity index (χ0n) is 43.2. The van der Waals surface area contributed by atoms with Crippen molar-refractivity contribution in [2.45, 2.75) is 140 Å². The maximum atomic E-state index is 14.5. The van der Waals surface area contributed by atoms with E-state index in [0.29, 0.717) is 29.7 Å². The smallest absolute Gasteiger partial charge is 0.326 e. The molecule has 25 heteroatoms. The number of aromatic hydroxyl groups is 1. The number of likely N-dealkylation sites (tertiary alicyclic amines) is 1. The van der Waals surface area contributed by atoms with Crippen LogP contribution in [0.5, 0.6) is 5.75 Å². The van der Waals surface area contributed by atoms with E-state index in [1.54, 1.807) is 63.2 Å². The van der Waals surface area contributed by atoms with Gasteiger partial charge < -0.3 is 74.3 Å². The molecular formula is C51H73N13O12. The highest BCUT2D eigenvalue weighted by Crippen LogP contribution is 2.21. The van der Waals surface area contributed by atoms with Crippen molar-refractivity contribution in [3.63, 3.8) is 0 Å². The lowest BCUT2D eigenvalue weighted by molar-refractivity contribution is -0.145.